The van der Waals surface area contributed by atoms with Gasteiger partial charge in [0.15, 0.2) is 0 Å². The van der Waals surface area contributed by atoms with Crippen LogP contribution in [0.4, 0.5) is 4.79 Å². The van der Waals surface area contributed by atoms with Crippen LogP contribution in [0.1, 0.15) is 37.7 Å². The van der Waals surface area contributed by atoms with E-state index in [1.54, 1.807) is 0 Å². The molecule has 1 heterocycles. The monoisotopic (exact) mass is 304 g/mol. The summed E-state index contributed by atoms with van der Waals surface area (Å²) in [6, 6.07) is 7.89. The number of carbonyl (C=O) groups excluding carboxylic acids is 1. The molecule has 1 aliphatic heterocycles. The van der Waals surface area contributed by atoms with Crippen molar-refractivity contribution < 1.29 is 14.3 Å². The smallest absolute Gasteiger partial charge is 0.315 e. The first-order valence-electron chi connectivity index (χ1n) is 8.18. The van der Waals surface area contributed by atoms with E-state index in [4.69, 9.17) is 9.47 Å². The van der Waals surface area contributed by atoms with Crippen LogP contribution in [0.5, 0.6) is 5.75 Å². The third kappa shape index (κ3) is 4.13. The summed E-state index contributed by atoms with van der Waals surface area (Å²) in [4.78, 5) is 12.0. The Morgan fingerprint density at radius 2 is 2.09 bits per heavy atom. The summed E-state index contributed by atoms with van der Waals surface area (Å²) in [5.41, 5.74) is 1.02. The number of urea groups is 1. The minimum atomic E-state index is -0.144. The van der Waals surface area contributed by atoms with Gasteiger partial charge in [0.2, 0.25) is 0 Å². The summed E-state index contributed by atoms with van der Waals surface area (Å²) < 4.78 is 11.3. The van der Waals surface area contributed by atoms with Gasteiger partial charge in [-0.15, -0.1) is 0 Å². The van der Waals surface area contributed by atoms with E-state index in [-0.39, 0.29) is 12.1 Å². The molecule has 0 bridgehead atoms. The predicted molar refractivity (Wildman–Crippen MR) is 83.9 cm³/mol. The number of benzene rings is 1. The Morgan fingerprint density at radius 3 is 2.82 bits per heavy atom. The normalized spacial score (nSPS) is 21.7. The lowest BCUT2D eigenvalue weighted by Gasteiger charge is -2.27. The van der Waals surface area contributed by atoms with Gasteiger partial charge in [0.25, 0.3) is 0 Å². The van der Waals surface area contributed by atoms with E-state index in [0.717, 1.165) is 43.6 Å². The highest BCUT2D eigenvalue weighted by molar-refractivity contribution is 5.74. The second-order valence-electron chi connectivity index (χ2n) is 6.02. The number of amides is 2. The number of hydrogen-bond donors (Lipinski definition) is 2. The summed E-state index contributed by atoms with van der Waals surface area (Å²) in [5.74, 6) is 0.883. The maximum atomic E-state index is 12.0. The molecule has 2 fully saturated rings. The first-order chi connectivity index (χ1) is 10.8. The summed E-state index contributed by atoms with van der Waals surface area (Å²) in [7, 11) is 0. The van der Waals surface area contributed by atoms with Crippen LogP contribution in [-0.2, 0) is 11.3 Å². The Kier molecular flexibility index (Phi) is 5.16. The Morgan fingerprint density at radius 1 is 1.23 bits per heavy atom. The maximum Gasteiger partial charge on any atom is 0.315 e. The molecule has 5 heteroatoms. The van der Waals surface area contributed by atoms with Crippen molar-refractivity contribution >= 4 is 6.03 Å². The number of ether oxygens (including phenoxy) is 2. The SMILES string of the molecule is O=C(NCc1ccccc1OC1CCC1)NC1CCCOC1. The van der Waals surface area contributed by atoms with E-state index in [9.17, 15) is 4.79 Å². The van der Waals surface area contributed by atoms with Crippen LogP contribution in [-0.4, -0.2) is 31.4 Å². The maximum absolute atomic E-state index is 12.0. The first kappa shape index (κ1) is 15.2. The topological polar surface area (TPSA) is 59.6 Å². The van der Waals surface area contributed by atoms with Crippen LogP contribution >= 0.6 is 0 Å². The summed E-state index contributed by atoms with van der Waals surface area (Å²) in [6.45, 7) is 1.88. The van der Waals surface area contributed by atoms with E-state index >= 15 is 0 Å². The van der Waals surface area contributed by atoms with Gasteiger partial charge in [-0.1, -0.05) is 18.2 Å². The third-order valence-corrected chi connectivity index (χ3v) is 4.25. The fourth-order valence-corrected chi connectivity index (χ4v) is 2.70. The molecule has 5 nitrogen and oxygen atoms in total. The predicted octanol–water partition coefficient (Wildman–Crippen LogP) is 2.60. The van der Waals surface area contributed by atoms with E-state index in [0.29, 0.717) is 19.3 Å². The molecule has 1 unspecified atom stereocenters. The lowest BCUT2D eigenvalue weighted by Crippen LogP contribution is -2.45. The molecule has 1 saturated carbocycles. The van der Waals surface area contributed by atoms with Gasteiger partial charge in [-0.2, -0.15) is 0 Å². The molecule has 0 spiro atoms. The van der Waals surface area contributed by atoms with E-state index < -0.39 is 0 Å². The molecule has 22 heavy (non-hydrogen) atoms. The van der Waals surface area contributed by atoms with Crippen molar-refractivity contribution in [3.05, 3.63) is 29.8 Å². The van der Waals surface area contributed by atoms with Crippen molar-refractivity contribution in [2.75, 3.05) is 13.2 Å². The van der Waals surface area contributed by atoms with Gasteiger partial charge in [0.1, 0.15) is 5.75 Å². The molecule has 120 valence electrons. The average molecular weight is 304 g/mol. The van der Waals surface area contributed by atoms with E-state index in [1.807, 2.05) is 24.3 Å². The summed E-state index contributed by atoms with van der Waals surface area (Å²) >= 11 is 0. The molecule has 0 radical (unpaired) electrons. The van der Waals surface area contributed by atoms with Gasteiger partial charge in [0, 0.05) is 18.7 Å². The summed E-state index contributed by atoms with van der Waals surface area (Å²) in [5, 5.41) is 5.87. The van der Waals surface area contributed by atoms with Crippen molar-refractivity contribution in [2.24, 2.45) is 0 Å². The minimum Gasteiger partial charge on any atom is -0.490 e. The van der Waals surface area contributed by atoms with E-state index in [1.165, 1.54) is 6.42 Å². The Balaban J connectivity index is 1.48. The van der Waals surface area contributed by atoms with Gasteiger partial charge < -0.3 is 20.1 Å². The highest BCUT2D eigenvalue weighted by atomic mass is 16.5. The summed E-state index contributed by atoms with van der Waals surface area (Å²) in [6.07, 6.45) is 5.83. The van der Waals surface area contributed by atoms with Gasteiger partial charge in [-0.3, -0.25) is 0 Å². The van der Waals surface area contributed by atoms with Gasteiger partial charge in [-0.25, -0.2) is 4.79 Å². The Hall–Kier alpha value is -1.75. The number of hydrogen-bond acceptors (Lipinski definition) is 3. The zero-order valence-electron chi connectivity index (χ0n) is 12.8. The average Bonchev–Trinajstić information content (AvgIpc) is 2.51. The lowest BCUT2D eigenvalue weighted by atomic mass is 9.96. The largest absolute Gasteiger partial charge is 0.490 e. The molecule has 1 aromatic carbocycles. The molecule has 2 aliphatic rings. The molecule has 1 aliphatic carbocycles. The number of rotatable bonds is 5. The minimum absolute atomic E-state index is 0.121. The second kappa shape index (κ2) is 7.49. The molecule has 3 rings (SSSR count). The second-order valence-corrected chi connectivity index (χ2v) is 6.02. The fraction of sp³-hybridized carbons (Fsp3) is 0.588. The zero-order valence-corrected chi connectivity index (χ0v) is 12.8. The molecule has 1 atom stereocenters. The molecule has 1 aromatic rings. The molecule has 2 amide bonds. The number of para-hydroxylation sites is 1. The van der Waals surface area contributed by atoms with Gasteiger partial charge in [-0.05, 0) is 38.2 Å². The van der Waals surface area contributed by atoms with Gasteiger partial charge >= 0.3 is 6.03 Å². The molecule has 2 N–H and O–H groups in total. The Bertz CT molecular complexity index is 496. The number of carbonyl (C=O) groups is 1. The highest BCUT2D eigenvalue weighted by Gasteiger charge is 2.20. The van der Waals surface area contributed by atoms with Gasteiger partial charge in [0.05, 0.1) is 18.8 Å². The van der Waals surface area contributed by atoms with Crippen LogP contribution in [0, 0.1) is 0 Å². The zero-order chi connectivity index (χ0) is 15.2. The van der Waals surface area contributed by atoms with Crippen LogP contribution in [0.15, 0.2) is 24.3 Å². The fourth-order valence-electron chi connectivity index (χ4n) is 2.70. The quantitative estimate of drug-likeness (QED) is 0.879. The van der Waals surface area contributed by atoms with E-state index in [2.05, 4.69) is 10.6 Å². The standard InChI is InChI=1S/C17H24N2O3/c20-17(19-14-6-4-10-21-12-14)18-11-13-5-1-2-9-16(13)22-15-7-3-8-15/h1-2,5,9,14-15H,3-4,6-8,10-12H2,(H2,18,19,20). The lowest BCUT2D eigenvalue weighted by molar-refractivity contribution is 0.0731. The van der Waals surface area contributed by atoms with Crippen molar-refractivity contribution in [1.29, 1.82) is 0 Å². The molecule has 0 aromatic heterocycles. The van der Waals surface area contributed by atoms with Crippen molar-refractivity contribution in [1.82, 2.24) is 10.6 Å². The molecular formula is C17H24N2O3. The van der Waals surface area contributed by atoms with Crippen LogP contribution in [0.3, 0.4) is 0 Å². The molecule has 1 saturated heterocycles. The van der Waals surface area contributed by atoms with Crippen LogP contribution in [0.2, 0.25) is 0 Å². The van der Waals surface area contributed by atoms with Crippen LogP contribution in [0.25, 0.3) is 0 Å². The van der Waals surface area contributed by atoms with Crippen LogP contribution < -0.4 is 15.4 Å². The first-order valence-corrected chi connectivity index (χ1v) is 8.18. The van der Waals surface area contributed by atoms with Crippen molar-refractivity contribution in [3.63, 3.8) is 0 Å². The van der Waals surface area contributed by atoms with Crippen molar-refractivity contribution in [2.45, 2.75) is 50.8 Å². The highest BCUT2D eigenvalue weighted by Crippen LogP contribution is 2.27. The van der Waals surface area contributed by atoms with Crippen molar-refractivity contribution in [3.8, 4) is 5.75 Å². The Labute approximate surface area is 131 Å². The molecular weight excluding hydrogens is 280 g/mol. The number of nitrogens with one attached hydrogen (secondary N) is 2. The third-order valence-electron chi connectivity index (χ3n) is 4.25.